The molecule has 5 aromatic rings. The number of hydrogen-bond acceptors (Lipinski definition) is 4. The molecule has 0 saturated heterocycles. The van der Waals surface area contributed by atoms with Gasteiger partial charge in [-0.3, -0.25) is 15.2 Å². The second kappa shape index (κ2) is 33.9. The summed E-state index contributed by atoms with van der Waals surface area (Å²) in [5.41, 5.74) is 14.0. The van der Waals surface area contributed by atoms with E-state index in [0.717, 1.165) is 0 Å². The van der Waals surface area contributed by atoms with Crippen LogP contribution in [0.1, 0.15) is 332 Å². The van der Waals surface area contributed by atoms with Gasteiger partial charge in [0.15, 0.2) is 0 Å². The van der Waals surface area contributed by atoms with Crippen LogP contribution in [-0.4, -0.2) is 30.4 Å². The molecule has 0 amide bonds. The maximum absolute atomic E-state index is 4.52. The van der Waals surface area contributed by atoms with Gasteiger partial charge in [0, 0.05) is 61.7 Å². The van der Waals surface area contributed by atoms with Crippen LogP contribution in [-0.2, 0) is 54.1 Å². The first-order valence-electron chi connectivity index (χ1n) is 29.5. The zero-order chi connectivity index (χ0) is 62.1. The van der Waals surface area contributed by atoms with Crippen LogP contribution in [0.4, 0.5) is 0 Å². The number of nitrogens with zero attached hydrogens (tertiary/aromatic N) is 3. The van der Waals surface area contributed by atoms with Gasteiger partial charge < -0.3 is 4.98 Å². The first-order valence-corrected chi connectivity index (χ1v) is 30.3. The highest BCUT2D eigenvalue weighted by atomic mass is 32.1. The molecule has 5 aromatic heterocycles. The highest BCUT2D eigenvalue weighted by Crippen LogP contribution is 2.38. The fraction of sp³-hybridized carbons (Fsp3) is 0.725. The van der Waals surface area contributed by atoms with Crippen molar-refractivity contribution in [1.29, 1.82) is 0 Å². The van der Waals surface area contributed by atoms with E-state index in [2.05, 4.69) is 262 Å². The Labute approximate surface area is 480 Å². The molecule has 444 valence electrons. The van der Waals surface area contributed by atoms with E-state index < -0.39 is 0 Å². The Morgan fingerprint density at radius 1 is 0.329 bits per heavy atom. The minimum atomic E-state index is 0.129. The lowest BCUT2D eigenvalue weighted by Crippen LogP contribution is -2.23. The molecular weight excluding hydrogens is 945 g/mol. The monoisotopic (exact) mass is 1080 g/mol. The maximum atomic E-state index is 4.52. The first kappa shape index (κ1) is 81.4. The Kier molecular flexibility index (Phi) is 36.3. The summed E-state index contributed by atoms with van der Waals surface area (Å²) >= 11 is 1.88. The van der Waals surface area contributed by atoms with Gasteiger partial charge in [-0.15, -0.1) is 11.3 Å². The van der Waals surface area contributed by atoms with Crippen molar-refractivity contribution in [2.24, 2.45) is 0 Å². The average Bonchev–Trinajstić information content (AvgIpc) is 4.13. The number of thiophene rings is 1. The fourth-order valence-corrected chi connectivity index (χ4v) is 8.75. The SMILES string of the molecule is CC.CC.CC.CC.CC.CC(C)(C)c1cc[nH]c1C(C)(C)C.CC(C)(C)c1cccnc1C(C)(C)C.CC(C)(C)c1ccsc1C(C)(C)C.CC(C)(C)c1cn[nH]c1C(C)(C)C.CC(C)(C)c1cn[nH]c1C(C)(C)C. The van der Waals surface area contributed by atoms with Crippen molar-refractivity contribution in [3.8, 4) is 0 Å². The minimum absolute atomic E-state index is 0.129. The number of H-pyrrole nitrogens is 3. The molecule has 7 heteroatoms. The van der Waals surface area contributed by atoms with Crippen LogP contribution in [0.25, 0.3) is 0 Å². The number of hydrogen-bond donors (Lipinski definition) is 3. The van der Waals surface area contributed by atoms with Gasteiger partial charge in [0.05, 0.1) is 12.4 Å². The molecular formula is C69H132N6S. The van der Waals surface area contributed by atoms with Crippen molar-refractivity contribution in [1.82, 2.24) is 30.4 Å². The Hall–Kier alpha value is -3.45. The van der Waals surface area contributed by atoms with Crippen molar-refractivity contribution in [3.63, 3.8) is 0 Å². The molecule has 0 aliphatic carbocycles. The highest BCUT2D eigenvalue weighted by molar-refractivity contribution is 7.10. The van der Waals surface area contributed by atoms with E-state index in [1.54, 1.807) is 0 Å². The summed E-state index contributed by atoms with van der Waals surface area (Å²) in [4.78, 5) is 9.40. The molecule has 0 atom stereocenters. The van der Waals surface area contributed by atoms with Gasteiger partial charge in [-0.25, -0.2) is 0 Å². The summed E-state index contributed by atoms with van der Waals surface area (Å²) in [6.07, 6.45) is 7.82. The lowest BCUT2D eigenvalue weighted by Gasteiger charge is -2.28. The Balaban J connectivity index is -0.000000265. The zero-order valence-corrected chi connectivity index (χ0v) is 59.3. The molecule has 0 spiro atoms. The quantitative estimate of drug-likeness (QED) is 0.144. The summed E-state index contributed by atoms with van der Waals surface area (Å²) in [7, 11) is 0. The van der Waals surface area contributed by atoms with Crippen molar-refractivity contribution in [3.05, 3.63) is 110 Å². The molecule has 6 nitrogen and oxygen atoms in total. The van der Waals surface area contributed by atoms with Crippen molar-refractivity contribution < 1.29 is 0 Å². The number of aromatic amines is 3. The third-order valence-corrected chi connectivity index (χ3v) is 12.5. The third kappa shape index (κ3) is 29.5. The lowest BCUT2D eigenvalue weighted by molar-refractivity contribution is 0.514. The average molecular weight is 1080 g/mol. The van der Waals surface area contributed by atoms with E-state index in [1.807, 2.05) is 111 Å². The molecule has 0 aromatic carbocycles. The lowest BCUT2D eigenvalue weighted by atomic mass is 9.78. The van der Waals surface area contributed by atoms with Crippen molar-refractivity contribution in [2.45, 2.75) is 331 Å². The standard InChI is InChI=1S/C13H21N.C12H21N.C12H20S.2C11H20N2.5C2H6/c1-12(2,3)10-8-7-9-14-11(10)13(4,5)6;2*1-11(2,3)9-7-8-13-10(9)12(4,5)6;2*1-10(2,3)8-7-12-13-9(8)11(4,5)6;5*1-2/h7-9H,1-6H3;7-8,13H,1-6H3;7-8H,1-6H3;2*7H,1-6H3,(H,12,13);5*1-2H3. The Morgan fingerprint density at radius 2 is 0.658 bits per heavy atom. The Bertz CT molecular complexity index is 1790. The predicted molar refractivity (Wildman–Crippen MR) is 350 cm³/mol. The summed E-state index contributed by atoms with van der Waals surface area (Å²) in [6.45, 7) is 87.1. The number of nitrogens with one attached hydrogen (secondary N) is 3. The van der Waals surface area contributed by atoms with Crippen molar-refractivity contribution in [2.75, 3.05) is 0 Å². The van der Waals surface area contributed by atoms with E-state index in [1.165, 1.54) is 55.5 Å². The molecule has 5 rings (SSSR count). The van der Waals surface area contributed by atoms with Crippen LogP contribution >= 0.6 is 11.3 Å². The molecule has 0 bridgehead atoms. The van der Waals surface area contributed by atoms with Gasteiger partial charge in [-0.05, 0) is 83.9 Å². The van der Waals surface area contributed by atoms with Crippen molar-refractivity contribution >= 4 is 11.3 Å². The smallest absolute Gasteiger partial charge is 0.0527 e. The van der Waals surface area contributed by atoms with Crippen LogP contribution in [0, 0.1) is 0 Å². The van der Waals surface area contributed by atoms with Gasteiger partial charge in [-0.2, -0.15) is 10.2 Å². The maximum Gasteiger partial charge on any atom is 0.0527 e. The van der Waals surface area contributed by atoms with Crippen LogP contribution in [0.15, 0.2) is 54.4 Å². The summed E-state index contributed by atoms with van der Waals surface area (Å²) in [5.74, 6) is 0. The molecule has 3 N–H and O–H groups in total. The summed E-state index contributed by atoms with van der Waals surface area (Å²) in [6, 6.07) is 8.68. The van der Waals surface area contributed by atoms with Crippen LogP contribution in [0.3, 0.4) is 0 Å². The van der Waals surface area contributed by atoms with Gasteiger partial charge in [0.2, 0.25) is 0 Å². The molecule has 0 aliphatic heterocycles. The highest BCUT2D eigenvalue weighted by Gasteiger charge is 2.30. The van der Waals surface area contributed by atoms with E-state index in [9.17, 15) is 0 Å². The molecule has 0 unspecified atom stereocenters. The van der Waals surface area contributed by atoms with Crippen LogP contribution in [0.5, 0.6) is 0 Å². The normalized spacial score (nSPS) is 11.9. The number of pyridine rings is 1. The van der Waals surface area contributed by atoms with Gasteiger partial charge >= 0.3 is 0 Å². The number of rotatable bonds is 0. The predicted octanol–water partition coefficient (Wildman–Crippen LogP) is 22.8. The van der Waals surface area contributed by atoms with Gasteiger partial charge in [-0.1, -0.05) is 283 Å². The zero-order valence-electron chi connectivity index (χ0n) is 58.4. The third-order valence-electron chi connectivity index (χ3n) is 11.2. The van der Waals surface area contributed by atoms with E-state index in [0.29, 0.717) is 0 Å². The van der Waals surface area contributed by atoms with Gasteiger partial charge in [0.1, 0.15) is 0 Å². The number of aromatic nitrogens is 6. The molecule has 0 saturated carbocycles. The van der Waals surface area contributed by atoms with Crippen LogP contribution < -0.4 is 0 Å². The largest absolute Gasteiger partial charge is 0.364 e. The van der Waals surface area contributed by atoms with E-state index >= 15 is 0 Å². The molecule has 0 aliphatic rings. The molecule has 5 heterocycles. The molecule has 0 fully saturated rings. The topological polar surface area (TPSA) is 86.0 Å². The minimum Gasteiger partial charge on any atom is -0.364 e. The Morgan fingerprint density at radius 3 is 0.882 bits per heavy atom. The molecule has 76 heavy (non-hydrogen) atoms. The molecule has 0 radical (unpaired) electrons. The second-order valence-corrected chi connectivity index (χ2v) is 29.6. The fourth-order valence-electron chi connectivity index (χ4n) is 7.56. The van der Waals surface area contributed by atoms with Gasteiger partial charge in [0.25, 0.3) is 0 Å². The van der Waals surface area contributed by atoms with E-state index in [4.69, 9.17) is 0 Å². The van der Waals surface area contributed by atoms with Crippen LogP contribution in [0.2, 0.25) is 0 Å². The second-order valence-electron chi connectivity index (χ2n) is 28.6. The summed E-state index contributed by atoms with van der Waals surface area (Å²) in [5, 5.41) is 16.7. The van der Waals surface area contributed by atoms with E-state index in [-0.39, 0.29) is 54.1 Å². The summed E-state index contributed by atoms with van der Waals surface area (Å²) < 4.78 is 0. The first-order chi connectivity index (χ1) is 34.1.